The predicted octanol–water partition coefficient (Wildman–Crippen LogP) is 3.45. The third-order valence-corrected chi connectivity index (χ3v) is 3.31. The lowest BCUT2D eigenvalue weighted by Crippen LogP contribution is -2.14. The predicted molar refractivity (Wildman–Crippen MR) is 80.6 cm³/mol. The van der Waals surface area contributed by atoms with Gasteiger partial charge in [-0.25, -0.2) is 0 Å². The number of aryl methyl sites for hydroxylation is 1. The molecule has 0 saturated heterocycles. The Hall–Kier alpha value is -1.88. The Kier molecular flexibility index (Phi) is 4.16. The van der Waals surface area contributed by atoms with Gasteiger partial charge in [-0.1, -0.05) is 6.07 Å². The molecule has 2 N–H and O–H groups in total. The van der Waals surface area contributed by atoms with Crippen LogP contribution in [0.2, 0.25) is 0 Å². The summed E-state index contributed by atoms with van der Waals surface area (Å²) in [5.74, 6) is -0.235. The third kappa shape index (κ3) is 3.32. The second kappa shape index (κ2) is 5.84. The molecule has 0 unspecified atom stereocenters. The van der Waals surface area contributed by atoms with E-state index in [1.807, 2.05) is 25.1 Å². The fourth-order valence-corrected chi connectivity index (χ4v) is 2.21. The molecule has 0 atom stereocenters. The third-order valence-electron chi connectivity index (χ3n) is 2.65. The van der Waals surface area contributed by atoms with Crippen molar-refractivity contribution >= 4 is 33.2 Å². The molecular formula is C14H14BrN3O. The number of hydrogen-bond acceptors (Lipinski definition) is 3. The maximum atomic E-state index is 12.1. The number of aromatic nitrogens is 1. The van der Waals surface area contributed by atoms with Gasteiger partial charge in [0.25, 0.3) is 5.91 Å². The SMILES string of the molecule is CNc1ccnc(C(=O)Nc2ccc(C)cc2Br)c1. The van der Waals surface area contributed by atoms with Crippen LogP contribution in [-0.2, 0) is 0 Å². The Morgan fingerprint density at radius 3 is 2.74 bits per heavy atom. The highest BCUT2D eigenvalue weighted by Gasteiger charge is 2.10. The molecule has 0 bridgehead atoms. The van der Waals surface area contributed by atoms with Crippen LogP contribution in [0.5, 0.6) is 0 Å². The van der Waals surface area contributed by atoms with Crippen molar-refractivity contribution in [3.05, 3.63) is 52.3 Å². The summed E-state index contributed by atoms with van der Waals surface area (Å²) >= 11 is 3.43. The number of hydrogen-bond donors (Lipinski definition) is 2. The Labute approximate surface area is 120 Å². The van der Waals surface area contributed by atoms with Gasteiger partial charge in [-0.05, 0) is 52.7 Å². The van der Waals surface area contributed by atoms with E-state index in [0.29, 0.717) is 5.69 Å². The van der Waals surface area contributed by atoms with Crippen LogP contribution in [0.1, 0.15) is 16.1 Å². The van der Waals surface area contributed by atoms with Crippen molar-refractivity contribution in [3.8, 4) is 0 Å². The van der Waals surface area contributed by atoms with Crippen molar-refractivity contribution in [2.24, 2.45) is 0 Å². The van der Waals surface area contributed by atoms with Crippen molar-refractivity contribution in [1.82, 2.24) is 4.98 Å². The van der Waals surface area contributed by atoms with Crippen molar-refractivity contribution < 1.29 is 4.79 Å². The van der Waals surface area contributed by atoms with E-state index in [-0.39, 0.29) is 5.91 Å². The summed E-state index contributed by atoms with van der Waals surface area (Å²) in [5, 5.41) is 5.80. The normalized spacial score (nSPS) is 10.1. The summed E-state index contributed by atoms with van der Waals surface area (Å²) in [7, 11) is 1.80. The quantitative estimate of drug-likeness (QED) is 0.911. The van der Waals surface area contributed by atoms with Crippen molar-refractivity contribution in [2.45, 2.75) is 6.92 Å². The largest absolute Gasteiger partial charge is 0.388 e. The summed E-state index contributed by atoms with van der Waals surface area (Å²) in [6, 6.07) is 9.26. The molecule has 0 aliphatic heterocycles. The van der Waals surface area contributed by atoms with Gasteiger partial charge in [-0.3, -0.25) is 9.78 Å². The molecule has 4 nitrogen and oxygen atoms in total. The fourth-order valence-electron chi connectivity index (χ4n) is 1.62. The first-order chi connectivity index (χ1) is 9.10. The molecule has 0 aliphatic carbocycles. The highest BCUT2D eigenvalue weighted by molar-refractivity contribution is 9.10. The molecule has 1 amide bonds. The number of amides is 1. The van der Waals surface area contributed by atoms with Crippen LogP contribution in [0.25, 0.3) is 0 Å². The van der Waals surface area contributed by atoms with Crippen molar-refractivity contribution in [1.29, 1.82) is 0 Å². The minimum Gasteiger partial charge on any atom is -0.388 e. The first-order valence-electron chi connectivity index (χ1n) is 5.81. The van der Waals surface area contributed by atoms with E-state index in [9.17, 15) is 4.79 Å². The summed E-state index contributed by atoms with van der Waals surface area (Å²) in [5.41, 5.74) is 3.08. The Bertz CT molecular complexity index is 613. The van der Waals surface area contributed by atoms with Crippen LogP contribution in [0, 0.1) is 6.92 Å². The number of benzene rings is 1. The molecule has 5 heteroatoms. The second-order valence-corrected chi connectivity index (χ2v) is 4.97. The molecule has 19 heavy (non-hydrogen) atoms. The Morgan fingerprint density at radius 2 is 2.05 bits per heavy atom. The van der Waals surface area contributed by atoms with E-state index < -0.39 is 0 Å². The topological polar surface area (TPSA) is 54.0 Å². The van der Waals surface area contributed by atoms with Crippen LogP contribution >= 0.6 is 15.9 Å². The van der Waals surface area contributed by atoms with E-state index in [4.69, 9.17) is 0 Å². The molecule has 0 spiro atoms. The van der Waals surface area contributed by atoms with Gasteiger partial charge in [0.2, 0.25) is 0 Å². The van der Waals surface area contributed by atoms with E-state index in [2.05, 4.69) is 31.5 Å². The number of carbonyl (C=O) groups is 1. The number of halogens is 1. The highest BCUT2D eigenvalue weighted by atomic mass is 79.9. The molecule has 1 aromatic heterocycles. The zero-order valence-corrected chi connectivity index (χ0v) is 12.3. The smallest absolute Gasteiger partial charge is 0.274 e. The number of nitrogens with zero attached hydrogens (tertiary/aromatic N) is 1. The first kappa shape index (κ1) is 13.5. The van der Waals surface area contributed by atoms with E-state index in [1.165, 1.54) is 0 Å². The minimum atomic E-state index is -0.235. The molecule has 2 rings (SSSR count). The Balaban J connectivity index is 2.20. The van der Waals surface area contributed by atoms with Crippen LogP contribution in [0.15, 0.2) is 41.0 Å². The number of pyridine rings is 1. The van der Waals surface area contributed by atoms with Gasteiger partial charge in [-0.2, -0.15) is 0 Å². The van der Waals surface area contributed by atoms with Crippen molar-refractivity contribution in [2.75, 3.05) is 17.7 Å². The summed E-state index contributed by atoms with van der Waals surface area (Å²) in [6.07, 6.45) is 1.60. The summed E-state index contributed by atoms with van der Waals surface area (Å²) in [4.78, 5) is 16.2. The van der Waals surface area contributed by atoms with Gasteiger partial charge in [0, 0.05) is 23.4 Å². The van der Waals surface area contributed by atoms with E-state index >= 15 is 0 Å². The maximum absolute atomic E-state index is 12.1. The molecule has 0 aliphatic rings. The zero-order valence-electron chi connectivity index (χ0n) is 10.7. The molecule has 0 radical (unpaired) electrons. The molecular weight excluding hydrogens is 306 g/mol. The summed E-state index contributed by atoms with van der Waals surface area (Å²) in [6.45, 7) is 1.99. The average Bonchev–Trinajstić information content (AvgIpc) is 2.42. The van der Waals surface area contributed by atoms with Crippen LogP contribution in [0.4, 0.5) is 11.4 Å². The number of anilines is 2. The minimum absolute atomic E-state index is 0.235. The van der Waals surface area contributed by atoms with Gasteiger partial charge in [0.05, 0.1) is 5.69 Å². The maximum Gasteiger partial charge on any atom is 0.274 e. The van der Waals surface area contributed by atoms with Crippen LogP contribution in [0.3, 0.4) is 0 Å². The van der Waals surface area contributed by atoms with Gasteiger partial charge in [0.1, 0.15) is 5.69 Å². The van der Waals surface area contributed by atoms with Gasteiger partial charge >= 0.3 is 0 Å². The van der Waals surface area contributed by atoms with Crippen LogP contribution < -0.4 is 10.6 Å². The lowest BCUT2D eigenvalue weighted by molar-refractivity contribution is 0.102. The molecule has 0 fully saturated rings. The molecule has 1 aromatic carbocycles. The van der Waals surface area contributed by atoms with E-state index in [1.54, 1.807) is 25.4 Å². The molecule has 1 heterocycles. The van der Waals surface area contributed by atoms with Crippen LogP contribution in [-0.4, -0.2) is 17.9 Å². The lowest BCUT2D eigenvalue weighted by Gasteiger charge is -2.08. The van der Waals surface area contributed by atoms with Gasteiger partial charge in [-0.15, -0.1) is 0 Å². The highest BCUT2D eigenvalue weighted by Crippen LogP contribution is 2.23. The fraction of sp³-hybridized carbons (Fsp3) is 0.143. The number of rotatable bonds is 3. The standard InChI is InChI=1S/C14H14BrN3O/c1-9-3-4-12(11(15)7-9)18-14(19)13-8-10(16-2)5-6-17-13/h3-8H,1-2H3,(H,16,17)(H,18,19). The lowest BCUT2D eigenvalue weighted by atomic mass is 10.2. The van der Waals surface area contributed by atoms with Crippen molar-refractivity contribution in [3.63, 3.8) is 0 Å². The average molecular weight is 320 g/mol. The monoisotopic (exact) mass is 319 g/mol. The molecule has 2 aromatic rings. The zero-order chi connectivity index (χ0) is 13.8. The summed E-state index contributed by atoms with van der Waals surface area (Å²) < 4.78 is 0.852. The molecule has 0 saturated carbocycles. The molecule has 98 valence electrons. The second-order valence-electron chi connectivity index (χ2n) is 4.12. The number of nitrogens with one attached hydrogen (secondary N) is 2. The van der Waals surface area contributed by atoms with Gasteiger partial charge in [0.15, 0.2) is 0 Å². The first-order valence-corrected chi connectivity index (χ1v) is 6.61. The number of carbonyl (C=O) groups excluding carboxylic acids is 1. The van der Waals surface area contributed by atoms with E-state index in [0.717, 1.165) is 21.4 Å². The van der Waals surface area contributed by atoms with Gasteiger partial charge < -0.3 is 10.6 Å². The Morgan fingerprint density at radius 1 is 1.26 bits per heavy atom.